The van der Waals surface area contributed by atoms with Crippen molar-refractivity contribution in [2.75, 3.05) is 19.8 Å². The van der Waals surface area contributed by atoms with Gasteiger partial charge >= 0.3 is 8.56 Å². The summed E-state index contributed by atoms with van der Waals surface area (Å²) >= 11 is 0. The summed E-state index contributed by atoms with van der Waals surface area (Å²) < 4.78 is 17.8. The molecule has 0 N–H and O–H groups in total. The summed E-state index contributed by atoms with van der Waals surface area (Å²) in [6.07, 6.45) is 0. The van der Waals surface area contributed by atoms with Crippen LogP contribution in [0.15, 0.2) is 0 Å². The van der Waals surface area contributed by atoms with Gasteiger partial charge in [-0.15, -0.1) is 0 Å². The average molecular weight is 265 g/mol. The molecule has 1 atom stereocenters. The zero-order valence-electron chi connectivity index (χ0n) is 11.9. The topological polar surface area (TPSA) is 27.7 Å². The van der Waals surface area contributed by atoms with Crippen LogP contribution in [-0.2, 0) is 13.3 Å². The lowest BCUT2D eigenvalue weighted by atomic mass is 10.9. The average Bonchev–Trinajstić information content (AvgIpc) is 2.17. The predicted molar refractivity (Wildman–Crippen MR) is 73.4 cm³/mol. The van der Waals surface area contributed by atoms with Crippen molar-refractivity contribution in [3.05, 3.63) is 0 Å². The molecule has 0 aromatic heterocycles. The zero-order valence-corrected chi connectivity index (χ0v) is 13.9. The molecule has 16 heavy (non-hydrogen) atoms. The Hall–Kier alpha value is 0.314. The fourth-order valence-corrected chi connectivity index (χ4v) is 10.5. The first-order valence-corrected chi connectivity index (χ1v) is 11.6. The third-order valence-electron chi connectivity index (χ3n) is 3.21. The Bertz CT molecular complexity index is 192. The lowest BCUT2D eigenvalue weighted by molar-refractivity contribution is 0.183. The number of hydrogen-bond acceptors (Lipinski definition) is 3. The Labute approximate surface area is 103 Å². The van der Waals surface area contributed by atoms with Crippen LogP contribution >= 0.6 is 0 Å². The first kappa shape index (κ1) is 16.3. The van der Waals surface area contributed by atoms with E-state index in [1.807, 2.05) is 13.8 Å². The summed E-state index contributed by atoms with van der Waals surface area (Å²) in [6, 6.07) is 0. The first-order valence-electron chi connectivity index (χ1n) is 6.25. The van der Waals surface area contributed by atoms with Gasteiger partial charge in [0.1, 0.15) is 0 Å². The Balaban J connectivity index is 4.77. The van der Waals surface area contributed by atoms with Crippen LogP contribution in [0.1, 0.15) is 27.7 Å². The molecule has 0 aromatic carbocycles. The van der Waals surface area contributed by atoms with Crippen LogP contribution < -0.4 is 0 Å². The van der Waals surface area contributed by atoms with Crippen molar-refractivity contribution in [2.45, 2.75) is 52.5 Å². The molecule has 1 unspecified atom stereocenters. The molecule has 0 radical (unpaired) electrons. The van der Waals surface area contributed by atoms with Crippen LogP contribution in [0.3, 0.4) is 0 Å². The maximum atomic E-state index is 5.94. The molecule has 0 aliphatic rings. The van der Waals surface area contributed by atoms with Crippen LogP contribution in [0, 0.1) is 0 Å². The van der Waals surface area contributed by atoms with Crippen molar-refractivity contribution in [1.82, 2.24) is 0 Å². The molecule has 0 saturated heterocycles. The highest BCUT2D eigenvalue weighted by molar-refractivity contribution is 6.89. The van der Waals surface area contributed by atoms with Gasteiger partial charge in [0.15, 0.2) is 8.32 Å². The van der Waals surface area contributed by atoms with E-state index in [0.29, 0.717) is 5.16 Å². The Kier molecular flexibility index (Phi) is 7.04. The van der Waals surface area contributed by atoms with E-state index >= 15 is 0 Å². The molecule has 0 heterocycles. The van der Waals surface area contributed by atoms with Gasteiger partial charge in [0.2, 0.25) is 0 Å². The van der Waals surface area contributed by atoms with Gasteiger partial charge in [-0.05, 0) is 40.4 Å². The molecule has 0 spiro atoms. The van der Waals surface area contributed by atoms with Gasteiger partial charge in [0, 0.05) is 25.0 Å². The zero-order chi connectivity index (χ0) is 12.8. The van der Waals surface area contributed by atoms with Gasteiger partial charge in [-0.3, -0.25) is 0 Å². The molecule has 0 amide bonds. The minimum Gasteiger partial charge on any atom is -0.417 e. The highest BCUT2D eigenvalue weighted by atomic mass is 28.4. The third-order valence-corrected chi connectivity index (χ3v) is 13.3. The SMILES string of the molecule is CCO[Si](C)(C)C(C)[Si](C)(OCC)OCC. The largest absolute Gasteiger partial charge is 0.417 e. The fraction of sp³-hybridized carbons (Fsp3) is 1.00. The molecule has 0 rings (SSSR count). The molecule has 0 bridgehead atoms. The quantitative estimate of drug-likeness (QED) is 0.630. The molecule has 5 heteroatoms. The van der Waals surface area contributed by atoms with Crippen LogP contribution in [0.25, 0.3) is 0 Å². The van der Waals surface area contributed by atoms with E-state index in [-0.39, 0.29) is 0 Å². The molecular formula is C11H28O3Si2. The summed E-state index contributed by atoms with van der Waals surface area (Å²) in [6.45, 7) is 17.3. The van der Waals surface area contributed by atoms with Gasteiger partial charge in [-0.2, -0.15) is 0 Å². The summed E-state index contributed by atoms with van der Waals surface area (Å²) in [4.78, 5) is 0. The second kappa shape index (κ2) is 6.91. The smallest absolute Gasteiger partial charge is 0.337 e. The third kappa shape index (κ3) is 4.29. The highest BCUT2D eigenvalue weighted by Gasteiger charge is 2.48. The number of hydrogen-bond donors (Lipinski definition) is 0. The monoisotopic (exact) mass is 264 g/mol. The molecule has 3 nitrogen and oxygen atoms in total. The van der Waals surface area contributed by atoms with E-state index in [2.05, 4.69) is 33.5 Å². The van der Waals surface area contributed by atoms with E-state index in [1.165, 1.54) is 0 Å². The predicted octanol–water partition coefficient (Wildman–Crippen LogP) is 3.30. The highest BCUT2D eigenvalue weighted by Crippen LogP contribution is 2.33. The molecular weight excluding hydrogens is 236 g/mol. The fourth-order valence-electron chi connectivity index (χ4n) is 1.99. The minimum atomic E-state index is -2.09. The summed E-state index contributed by atoms with van der Waals surface area (Å²) in [7, 11) is -3.79. The molecule has 0 aromatic rings. The van der Waals surface area contributed by atoms with Crippen LogP contribution in [0.5, 0.6) is 0 Å². The van der Waals surface area contributed by atoms with E-state index in [0.717, 1.165) is 19.8 Å². The molecule has 98 valence electrons. The van der Waals surface area contributed by atoms with Gasteiger partial charge in [0.05, 0.1) is 0 Å². The van der Waals surface area contributed by atoms with Gasteiger partial charge in [0.25, 0.3) is 0 Å². The molecule has 0 aliphatic carbocycles. The summed E-state index contributed by atoms with van der Waals surface area (Å²) in [5.74, 6) is 0. The maximum Gasteiger partial charge on any atom is 0.337 e. The number of rotatable bonds is 8. The Morgan fingerprint density at radius 1 is 0.812 bits per heavy atom. The van der Waals surface area contributed by atoms with E-state index in [9.17, 15) is 0 Å². The van der Waals surface area contributed by atoms with Gasteiger partial charge in [-0.25, -0.2) is 0 Å². The van der Waals surface area contributed by atoms with Crippen molar-refractivity contribution in [3.8, 4) is 0 Å². The van der Waals surface area contributed by atoms with Crippen molar-refractivity contribution >= 4 is 16.9 Å². The summed E-state index contributed by atoms with van der Waals surface area (Å²) in [5.41, 5.74) is 0. The lowest BCUT2D eigenvalue weighted by Gasteiger charge is -2.39. The van der Waals surface area contributed by atoms with Crippen molar-refractivity contribution in [2.24, 2.45) is 0 Å². The van der Waals surface area contributed by atoms with Crippen LogP contribution in [-0.4, -0.2) is 36.7 Å². The Morgan fingerprint density at radius 2 is 1.19 bits per heavy atom. The molecule has 0 saturated carbocycles. The minimum absolute atomic E-state index is 0.430. The van der Waals surface area contributed by atoms with Crippen LogP contribution in [0.4, 0.5) is 0 Å². The normalized spacial score (nSPS) is 15.2. The molecule has 0 fully saturated rings. The Morgan fingerprint density at radius 3 is 1.50 bits per heavy atom. The standard InChI is InChI=1S/C11H28O3Si2/c1-8-12-15(5,6)11(4)16(7,13-9-2)14-10-3/h11H,8-10H2,1-7H3. The van der Waals surface area contributed by atoms with Crippen molar-refractivity contribution in [3.63, 3.8) is 0 Å². The molecule has 0 aliphatic heterocycles. The second-order valence-corrected chi connectivity index (χ2v) is 13.1. The summed E-state index contributed by atoms with van der Waals surface area (Å²) in [5, 5.41) is 0.430. The van der Waals surface area contributed by atoms with E-state index in [1.54, 1.807) is 0 Å². The van der Waals surface area contributed by atoms with Gasteiger partial charge < -0.3 is 13.3 Å². The van der Waals surface area contributed by atoms with Gasteiger partial charge in [-0.1, -0.05) is 6.92 Å². The first-order chi connectivity index (χ1) is 7.34. The maximum absolute atomic E-state index is 5.94. The van der Waals surface area contributed by atoms with Crippen molar-refractivity contribution < 1.29 is 13.3 Å². The van der Waals surface area contributed by atoms with E-state index < -0.39 is 16.9 Å². The van der Waals surface area contributed by atoms with E-state index in [4.69, 9.17) is 13.3 Å². The second-order valence-electron chi connectivity index (χ2n) is 4.64. The van der Waals surface area contributed by atoms with Crippen molar-refractivity contribution in [1.29, 1.82) is 0 Å². The van der Waals surface area contributed by atoms with Crippen LogP contribution in [0.2, 0.25) is 24.8 Å². The lowest BCUT2D eigenvalue weighted by Crippen LogP contribution is -2.54.